The minimum absolute atomic E-state index is 0.407. The normalized spacial score (nSPS) is 14.8. The van der Waals surface area contributed by atoms with Gasteiger partial charge in [0.25, 0.3) is 0 Å². The van der Waals surface area contributed by atoms with Gasteiger partial charge in [-0.15, -0.1) is 0 Å². The van der Waals surface area contributed by atoms with Gasteiger partial charge in [0.2, 0.25) is 5.91 Å². The Bertz CT molecular complexity index is 708. The second-order valence-corrected chi connectivity index (χ2v) is 8.08. The minimum Gasteiger partial charge on any atom is -0.366 e. The summed E-state index contributed by atoms with van der Waals surface area (Å²) in [5, 5.41) is 0.687. The van der Waals surface area contributed by atoms with Gasteiger partial charge in [-0.2, -0.15) is 11.8 Å². The summed E-state index contributed by atoms with van der Waals surface area (Å²) in [6, 6.07) is 7.27. The van der Waals surface area contributed by atoms with Crippen LogP contribution in [-0.2, 0) is 13.0 Å². The number of amides is 1. The maximum Gasteiger partial charge on any atom is 0.248 e. The van der Waals surface area contributed by atoms with E-state index in [0.29, 0.717) is 10.8 Å². The zero-order valence-corrected chi connectivity index (χ0v) is 15.0. The smallest absolute Gasteiger partial charge is 0.248 e. The fourth-order valence-corrected chi connectivity index (χ4v) is 3.72. The van der Waals surface area contributed by atoms with Crippen LogP contribution in [-0.4, -0.2) is 44.9 Å². The fraction of sp³-hybridized carbons (Fsp3) is 0.444. The molecule has 0 unspecified atom stereocenters. The lowest BCUT2D eigenvalue weighted by atomic mass is 10.1. The monoisotopic (exact) mass is 344 g/mol. The molecule has 1 aliphatic rings. The van der Waals surface area contributed by atoms with Crippen LogP contribution >= 0.6 is 11.8 Å². The molecule has 128 valence electrons. The third kappa shape index (κ3) is 3.99. The third-order valence-electron chi connectivity index (χ3n) is 4.21. The van der Waals surface area contributed by atoms with Crippen molar-refractivity contribution in [1.82, 2.24) is 14.9 Å². The Hall–Kier alpha value is -1.79. The SMILES string of the molecule is CC(C)SCCN1CCc2nc(-c3ccc(C(N)=O)cc3)[nH]c2C1. The number of hydrogen-bond acceptors (Lipinski definition) is 4. The zero-order valence-electron chi connectivity index (χ0n) is 14.2. The number of nitrogens with two attached hydrogens (primary N) is 1. The number of rotatable bonds is 6. The number of H-pyrrole nitrogens is 1. The number of nitrogens with one attached hydrogen (secondary N) is 1. The van der Waals surface area contributed by atoms with Crippen LogP contribution in [0, 0.1) is 0 Å². The number of nitrogens with zero attached hydrogens (tertiary/aromatic N) is 2. The third-order valence-corrected chi connectivity index (χ3v) is 5.30. The second kappa shape index (κ2) is 7.40. The van der Waals surface area contributed by atoms with Gasteiger partial charge in [-0.1, -0.05) is 26.0 Å². The van der Waals surface area contributed by atoms with E-state index >= 15 is 0 Å². The van der Waals surface area contributed by atoms with E-state index in [0.717, 1.165) is 43.1 Å². The molecule has 3 rings (SSSR count). The van der Waals surface area contributed by atoms with Gasteiger partial charge in [-0.25, -0.2) is 4.98 Å². The van der Waals surface area contributed by atoms with Crippen molar-refractivity contribution in [3.63, 3.8) is 0 Å². The van der Waals surface area contributed by atoms with E-state index in [-0.39, 0.29) is 0 Å². The summed E-state index contributed by atoms with van der Waals surface area (Å²) in [5.74, 6) is 1.63. The number of aromatic amines is 1. The van der Waals surface area contributed by atoms with Crippen LogP contribution in [0.3, 0.4) is 0 Å². The Labute approximate surface area is 147 Å². The number of benzene rings is 1. The number of carbonyl (C=O) groups is 1. The molecule has 5 nitrogen and oxygen atoms in total. The van der Waals surface area contributed by atoms with E-state index in [2.05, 4.69) is 23.7 Å². The van der Waals surface area contributed by atoms with Crippen LogP contribution in [0.25, 0.3) is 11.4 Å². The summed E-state index contributed by atoms with van der Waals surface area (Å²) in [4.78, 5) is 21.8. The molecule has 0 spiro atoms. The van der Waals surface area contributed by atoms with E-state index in [1.54, 1.807) is 12.1 Å². The Kier molecular flexibility index (Phi) is 5.26. The first kappa shape index (κ1) is 17.0. The van der Waals surface area contributed by atoms with Gasteiger partial charge in [0.1, 0.15) is 5.82 Å². The number of imidazole rings is 1. The van der Waals surface area contributed by atoms with Gasteiger partial charge >= 0.3 is 0 Å². The lowest BCUT2D eigenvalue weighted by molar-refractivity contribution is 0.100. The van der Waals surface area contributed by atoms with Crippen LogP contribution in [0.1, 0.15) is 35.6 Å². The van der Waals surface area contributed by atoms with Crippen molar-refractivity contribution in [3.05, 3.63) is 41.2 Å². The summed E-state index contributed by atoms with van der Waals surface area (Å²) >= 11 is 2.01. The standard InChI is InChI=1S/C18H24N4OS/c1-12(2)24-10-9-22-8-7-15-16(11-22)21-18(20-15)14-5-3-13(4-6-14)17(19)23/h3-6,12H,7-11H2,1-2H3,(H2,19,23)(H,20,21). The maximum atomic E-state index is 11.2. The van der Waals surface area contributed by atoms with Gasteiger partial charge < -0.3 is 10.7 Å². The summed E-state index contributed by atoms with van der Waals surface area (Å²) in [6.07, 6.45) is 0.984. The molecule has 24 heavy (non-hydrogen) atoms. The highest BCUT2D eigenvalue weighted by molar-refractivity contribution is 7.99. The van der Waals surface area contributed by atoms with Crippen LogP contribution < -0.4 is 5.73 Å². The van der Waals surface area contributed by atoms with Crippen LogP contribution in [0.5, 0.6) is 0 Å². The Balaban J connectivity index is 1.67. The molecule has 1 aliphatic heterocycles. The van der Waals surface area contributed by atoms with Crippen molar-refractivity contribution in [3.8, 4) is 11.4 Å². The molecule has 1 amide bonds. The average Bonchev–Trinajstić information content (AvgIpc) is 2.98. The van der Waals surface area contributed by atoms with E-state index in [4.69, 9.17) is 10.7 Å². The molecule has 6 heteroatoms. The average molecular weight is 344 g/mol. The van der Waals surface area contributed by atoms with E-state index in [1.165, 1.54) is 11.4 Å². The van der Waals surface area contributed by atoms with Gasteiger partial charge in [-0.05, 0) is 17.4 Å². The van der Waals surface area contributed by atoms with E-state index in [1.807, 2.05) is 23.9 Å². The molecule has 2 heterocycles. The second-order valence-electron chi connectivity index (χ2n) is 6.40. The molecule has 1 aromatic carbocycles. The summed E-state index contributed by atoms with van der Waals surface area (Å²) in [5.41, 5.74) is 9.16. The highest BCUT2D eigenvalue weighted by Crippen LogP contribution is 2.23. The van der Waals surface area contributed by atoms with Crippen molar-refractivity contribution in [2.75, 3.05) is 18.8 Å². The molecule has 0 saturated carbocycles. The van der Waals surface area contributed by atoms with Crippen LogP contribution in [0.15, 0.2) is 24.3 Å². The van der Waals surface area contributed by atoms with Gasteiger partial charge in [0.15, 0.2) is 0 Å². The lowest BCUT2D eigenvalue weighted by Gasteiger charge is -2.25. The van der Waals surface area contributed by atoms with Gasteiger partial charge in [-0.3, -0.25) is 9.69 Å². The molecule has 0 radical (unpaired) electrons. The fourth-order valence-electron chi connectivity index (χ4n) is 2.89. The quantitative estimate of drug-likeness (QED) is 0.845. The first-order valence-corrected chi connectivity index (χ1v) is 9.40. The van der Waals surface area contributed by atoms with Crippen molar-refractivity contribution in [2.24, 2.45) is 5.73 Å². The highest BCUT2D eigenvalue weighted by Gasteiger charge is 2.20. The molecule has 0 aliphatic carbocycles. The minimum atomic E-state index is -0.407. The number of thioether (sulfide) groups is 1. The zero-order chi connectivity index (χ0) is 17.1. The topological polar surface area (TPSA) is 75.0 Å². The first-order valence-electron chi connectivity index (χ1n) is 8.35. The Morgan fingerprint density at radius 2 is 2.12 bits per heavy atom. The predicted molar refractivity (Wildman–Crippen MR) is 99.1 cm³/mol. The molecule has 0 atom stereocenters. The maximum absolute atomic E-state index is 11.2. The molecule has 0 bridgehead atoms. The van der Waals surface area contributed by atoms with Crippen LogP contribution in [0.4, 0.5) is 0 Å². The molecule has 2 aromatic rings. The van der Waals surface area contributed by atoms with Crippen molar-refractivity contribution in [1.29, 1.82) is 0 Å². The summed E-state index contributed by atoms with van der Waals surface area (Å²) in [6.45, 7) is 7.59. The van der Waals surface area contributed by atoms with Crippen molar-refractivity contribution >= 4 is 17.7 Å². The lowest BCUT2D eigenvalue weighted by Crippen LogP contribution is -2.32. The van der Waals surface area contributed by atoms with E-state index in [9.17, 15) is 4.79 Å². The number of hydrogen-bond donors (Lipinski definition) is 2. The molecule has 1 aromatic heterocycles. The largest absolute Gasteiger partial charge is 0.366 e. The molecular formula is C18H24N4OS. The van der Waals surface area contributed by atoms with Gasteiger partial charge in [0, 0.05) is 42.9 Å². The van der Waals surface area contributed by atoms with Crippen molar-refractivity contribution in [2.45, 2.75) is 32.1 Å². The number of fused-ring (bicyclic) bond motifs is 1. The first-order chi connectivity index (χ1) is 11.5. The Morgan fingerprint density at radius 1 is 1.38 bits per heavy atom. The molecule has 0 fully saturated rings. The summed E-state index contributed by atoms with van der Waals surface area (Å²) < 4.78 is 0. The highest BCUT2D eigenvalue weighted by atomic mass is 32.2. The predicted octanol–water partition coefficient (Wildman–Crippen LogP) is 2.68. The molecule has 3 N–H and O–H groups in total. The summed E-state index contributed by atoms with van der Waals surface area (Å²) in [7, 11) is 0. The van der Waals surface area contributed by atoms with Crippen molar-refractivity contribution < 1.29 is 4.79 Å². The molecule has 0 saturated heterocycles. The number of aromatic nitrogens is 2. The molecular weight excluding hydrogens is 320 g/mol. The number of primary amides is 1. The Morgan fingerprint density at radius 3 is 2.79 bits per heavy atom. The number of carbonyl (C=O) groups excluding carboxylic acids is 1. The van der Waals surface area contributed by atoms with E-state index < -0.39 is 5.91 Å². The van der Waals surface area contributed by atoms with Crippen LogP contribution in [0.2, 0.25) is 0 Å². The van der Waals surface area contributed by atoms with Gasteiger partial charge in [0.05, 0.1) is 11.4 Å².